The maximum absolute atomic E-state index is 12.2. The molecule has 8 heteroatoms. The number of aryl methyl sites for hydroxylation is 1. The molecule has 122 valence electrons. The molecule has 1 aromatic rings. The molecule has 1 rings (SSSR count). The fraction of sp³-hybridized carbons (Fsp3) is 0.429. The van der Waals surface area contributed by atoms with Gasteiger partial charge in [-0.2, -0.15) is 8.42 Å². The van der Waals surface area contributed by atoms with Crippen molar-refractivity contribution >= 4 is 21.8 Å². The number of esters is 1. The van der Waals surface area contributed by atoms with Crippen LogP contribution in [0.2, 0.25) is 0 Å². The smallest absolute Gasteiger partial charge is 0.358 e. The fourth-order valence-electron chi connectivity index (χ4n) is 1.58. The van der Waals surface area contributed by atoms with Crippen molar-refractivity contribution in [1.29, 1.82) is 0 Å². The van der Waals surface area contributed by atoms with E-state index in [9.17, 15) is 13.2 Å². The van der Waals surface area contributed by atoms with Gasteiger partial charge < -0.3 is 9.57 Å². The van der Waals surface area contributed by atoms with Crippen LogP contribution in [0.1, 0.15) is 19.4 Å². The number of oxime groups is 1. The largest absolute Gasteiger partial charge is 0.461 e. The molecule has 0 saturated carbocycles. The number of nitrogens with zero attached hydrogens (tertiary/aromatic N) is 1. The van der Waals surface area contributed by atoms with E-state index in [0.717, 1.165) is 5.56 Å². The summed E-state index contributed by atoms with van der Waals surface area (Å²) in [5, 5.41) is 3.49. The van der Waals surface area contributed by atoms with Crippen molar-refractivity contribution in [3.8, 4) is 0 Å². The van der Waals surface area contributed by atoms with Gasteiger partial charge in [-0.3, -0.25) is 4.18 Å². The molecule has 0 bridgehead atoms. The summed E-state index contributed by atoms with van der Waals surface area (Å²) >= 11 is 0. The van der Waals surface area contributed by atoms with Crippen LogP contribution in [-0.4, -0.2) is 39.9 Å². The van der Waals surface area contributed by atoms with Gasteiger partial charge in [0, 0.05) is 0 Å². The third-order valence-corrected chi connectivity index (χ3v) is 4.03. The number of ether oxygens (including phenoxy) is 1. The molecule has 1 unspecified atom stereocenters. The topological polar surface area (TPSA) is 91.3 Å². The molecule has 1 aromatic carbocycles. The minimum absolute atomic E-state index is 0.00873. The SMILES string of the molecule is CCOC(=O)C(=NOC)C(C)OS(=O)(=O)c1ccc(C)cc1. The molecule has 0 aliphatic carbocycles. The molecule has 7 nitrogen and oxygen atoms in total. The Labute approximate surface area is 130 Å². The highest BCUT2D eigenvalue weighted by molar-refractivity contribution is 7.86. The molecule has 0 saturated heterocycles. The molecule has 0 spiro atoms. The van der Waals surface area contributed by atoms with Crippen LogP contribution < -0.4 is 0 Å². The minimum Gasteiger partial charge on any atom is -0.461 e. The normalized spacial score (nSPS) is 13.5. The van der Waals surface area contributed by atoms with E-state index in [2.05, 4.69) is 9.99 Å². The van der Waals surface area contributed by atoms with E-state index in [0.29, 0.717) is 0 Å². The van der Waals surface area contributed by atoms with E-state index < -0.39 is 22.2 Å². The Morgan fingerprint density at radius 3 is 2.36 bits per heavy atom. The van der Waals surface area contributed by atoms with Crippen molar-refractivity contribution in [2.24, 2.45) is 5.16 Å². The minimum atomic E-state index is -4.03. The third kappa shape index (κ3) is 4.81. The zero-order valence-electron chi connectivity index (χ0n) is 12.9. The number of hydrogen-bond acceptors (Lipinski definition) is 7. The standard InChI is InChI=1S/C14H19NO6S/c1-5-20-14(16)13(15-19-4)11(3)21-22(17,18)12-8-6-10(2)7-9-12/h6-9,11H,5H2,1-4H3. The maximum atomic E-state index is 12.2. The van der Waals surface area contributed by atoms with Crippen LogP contribution in [0.4, 0.5) is 0 Å². The van der Waals surface area contributed by atoms with E-state index >= 15 is 0 Å². The highest BCUT2D eigenvalue weighted by Gasteiger charge is 2.28. The lowest BCUT2D eigenvalue weighted by Gasteiger charge is -2.14. The molecule has 1 atom stereocenters. The lowest BCUT2D eigenvalue weighted by molar-refractivity contribution is -0.135. The third-order valence-electron chi connectivity index (χ3n) is 2.64. The van der Waals surface area contributed by atoms with Gasteiger partial charge in [-0.1, -0.05) is 22.9 Å². The van der Waals surface area contributed by atoms with Crippen molar-refractivity contribution in [2.45, 2.75) is 31.8 Å². The van der Waals surface area contributed by atoms with Crippen LogP contribution >= 0.6 is 0 Å². The maximum Gasteiger partial charge on any atom is 0.358 e. The van der Waals surface area contributed by atoms with E-state index in [4.69, 9.17) is 8.92 Å². The van der Waals surface area contributed by atoms with Gasteiger partial charge in [-0.05, 0) is 32.9 Å². The fourth-order valence-corrected chi connectivity index (χ4v) is 2.63. The number of benzene rings is 1. The van der Waals surface area contributed by atoms with E-state index in [1.807, 2.05) is 6.92 Å². The average molecular weight is 329 g/mol. The van der Waals surface area contributed by atoms with Crippen LogP contribution in [-0.2, 0) is 28.7 Å². The summed E-state index contributed by atoms with van der Waals surface area (Å²) in [5.74, 6) is -0.795. The molecular weight excluding hydrogens is 310 g/mol. The molecule has 0 amide bonds. The molecule has 0 N–H and O–H groups in total. The molecule has 0 fully saturated rings. The van der Waals surface area contributed by atoms with Crippen molar-refractivity contribution in [2.75, 3.05) is 13.7 Å². The van der Waals surface area contributed by atoms with E-state index in [-0.39, 0.29) is 17.2 Å². The number of carbonyl (C=O) groups is 1. The Morgan fingerprint density at radius 2 is 1.86 bits per heavy atom. The second kappa shape index (κ2) is 7.90. The van der Waals surface area contributed by atoms with Gasteiger partial charge >= 0.3 is 5.97 Å². The predicted octanol–water partition coefficient (Wildman–Crippen LogP) is 1.65. The first kappa shape index (κ1) is 18.1. The predicted molar refractivity (Wildman–Crippen MR) is 80.0 cm³/mol. The van der Waals surface area contributed by atoms with Gasteiger partial charge in [-0.15, -0.1) is 0 Å². The lowest BCUT2D eigenvalue weighted by atomic mass is 10.2. The van der Waals surface area contributed by atoms with E-state index in [1.54, 1.807) is 19.1 Å². The van der Waals surface area contributed by atoms with Crippen molar-refractivity contribution in [1.82, 2.24) is 0 Å². The van der Waals surface area contributed by atoms with Gasteiger partial charge in [0.15, 0.2) is 5.71 Å². The average Bonchev–Trinajstić information content (AvgIpc) is 2.44. The second-order valence-corrected chi connectivity index (χ2v) is 5.96. The molecule has 0 aliphatic heterocycles. The summed E-state index contributed by atoms with van der Waals surface area (Å²) in [6.45, 7) is 4.96. The zero-order chi connectivity index (χ0) is 16.8. The number of hydrogen-bond donors (Lipinski definition) is 0. The Hall–Kier alpha value is -1.93. The van der Waals surface area contributed by atoms with Crippen molar-refractivity contribution < 1.29 is 27.0 Å². The highest BCUT2D eigenvalue weighted by Crippen LogP contribution is 2.16. The molecule has 0 radical (unpaired) electrons. The summed E-state index contributed by atoms with van der Waals surface area (Å²) in [7, 11) is -2.80. The zero-order valence-corrected chi connectivity index (χ0v) is 13.7. The summed E-state index contributed by atoms with van der Waals surface area (Å²) < 4.78 is 34.1. The van der Waals surface area contributed by atoms with Crippen LogP contribution in [0.15, 0.2) is 34.3 Å². The van der Waals surface area contributed by atoms with Gasteiger partial charge in [0.1, 0.15) is 13.2 Å². The van der Waals surface area contributed by atoms with Gasteiger partial charge in [0.05, 0.1) is 11.5 Å². The molecular formula is C14H19NO6S. The molecule has 0 aliphatic rings. The Balaban J connectivity index is 2.97. The molecule has 0 heterocycles. The van der Waals surface area contributed by atoms with Crippen LogP contribution in [0.3, 0.4) is 0 Å². The second-order valence-electron chi connectivity index (χ2n) is 4.39. The van der Waals surface area contributed by atoms with Crippen LogP contribution in [0.5, 0.6) is 0 Å². The Morgan fingerprint density at radius 1 is 1.27 bits per heavy atom. The van der Waals surface area contributed by atoms with Gasteiger partial charge in [-0.25, -0.2) is 4.79 Å². The van der Waals surface area contributed by atoms with Crippen LogP contribution in [0, 0.1) is 6.92 Å². The quantitative estimate of drug-likeness (QED) is 0.327. The van der Waals surface area contributed by atoms with E-state index in [1.165, 1.54) is 26.2 Å². The highest BCUT2D eigenvalue weighted by atomic mass is 32.2. The van der Waals surface area contributed by atoms with Crippen molar-refractivity contribution in [3.05, 3.63) is 29.8 Å². The Bertz CT molecular complexity index is 636. The summed E-state index contributed by atoms with van der Waals surface area (Å²) in [6.07, 6.45) is -1.15. The summed E-state index contributed by atoms with van der Waals surface area (Å²) in [4.78, 5) is 16.3. The first-order valence-corrected chi connectivity index (χ1v) is 8.00. The number of rotatable bonds is 7. The first-order chi connectivity index (χ1) is 10.3. The molecule has 22 heavy (non-hydrogen) atoms. The summed E-state index contributed by atoms with van der Waals surface area (Å²) in [5.41, 5.74) is 0.653. The lowest BCUT2D eigenvalue weighted by Crippen LogP contribution is -2.32. The van der Waals surface area contributed by atoms with Crippen LogP contribution in [0.25, 0.3) is 0 Å². The number of carbonyl (C=O) groups excluding carboxylic acids is 1. The first-order valence-electron chi connectivity index (χ1n) is 6.60. The molecule has 0 aromatic heterocycles. The van der Waals surface area contributed by atoms with Gasteiger partial charge in [0.2, 0.25) is 0 Å². The Kier molecular flexibility index (Phi) is 6.51. The van der Waals surface area contributed by atoms with Gasteiger partial charge in [0.25, 0.3) is 10.1 Å². The monoisotopic (exact) mass is 329 g/mol. The van der Waals surface area contributed by atoms with Crippen molar-refractivity contribution in [3.63, 3.8) is 0 Å². The summed E-state index contributed by atoms with van der Waals surface area (Å²) in [6, 6.07) is 6.15.